The Kier molecular flexibility index (Phi) is 4.60. The van der Waals surface area contributed by atoms with Crippen molar-refractivity contribution in [1.82, 2.24) is 24.9 Å². The summed E-state index contributed by atoms with van der Waals surface area (Å²) in [5, 5.41) is 13.2. The lowest BCUT2D eigenvalue weighted by Crippen LogP contribution is -2.26. The van der Waals surface area contributed by atoms with E-state index in [0.717, 1.165) is 0 Å². The van der Waals surface area contributed by atoms with Crippen molar-refractivity contribution >= 4 is 40.1 Å². The lowest BCUT2D eigenvalue weighted by molar-refractivity contribution is 0.0816. The van der Waals surface area contributed by atoms with Crippen molar-refractivity contribution in [3.05, 3.63) is 27.4 Å². The van der Waals surface area contributed by atoms with E-state index in [0.29, 0.717) is 27.2 Å². The number of hydrogen-bond donors (Lipinski definition) is 2. The highest BCUT2D eigenvalue weighted by Crippen LogP contribution is 2.18. The van der Waals surface area contributed by atoms with E-state index in [-0.39, 0.29) is 11.8 Å². The molecular weight excluding hydrogens is 387 g/mol. The first-order valence-corrected chi connectivity index (χ1v) is 7.31. The Morgan fingerprint density at radius 3 is 2.67 bits per heavy atom. The average molecular weight is 402 g/mol. The van der Waals surface area contributed by atoms with Gasteiger partial charge in [0, 0.05) is 20.6 Å². The second-order valence-corrected chi connectivity index (χ2v) is 5.63. The maximum Gasteiger partial charge on any atom is 0.274 e. The lowest BCUT2D eigenvalue weighted by Gasteiger charge is -2.13. The molecule has 2 amide bonds. The van der Waals surface area contributed by atoms with E-state index < -0.39 is 0 Å². The molecule has 0 spiro atoms. The molecule has 0 aliphatic rings. The normalized spacial score (nSPS) is 10.5. The largest absolute Gasteiger partial charge is 0.343 e. The minimum absolute atomic E-state index is 0.219. The van der Waals surface area contributed by atoms with Crippen molar-refractivity contribution in [2.24, 2.45) is 0 Å². The first-order valence-electron chi connectivity index (χ1n) is 6.23. The Bertz CT molecular complexity index is 675. The van der Waals surface area contributed by atoms with Crippen LogP contribution in [0.1, 0.15) is 27.9 Å². The van der Waals surface area contributed by atoms with Crippen LogP contribution in [-0.2, 0) is 6.54 Å². The van der Waals surface area contributed by atoms with Gasteiger partial charge in [-0.25, -0.2) is 0 Å². The van der Waals surface area contributed by atoms with Crippen LogP contribution in [0.4, 0.5) is 5.69 Å². The highest BCUT2D eigenvalue weighted by atomic mass is 127. The molecule has 21 heavy (non-hydrogen) atoms. The zero-order valence-electron chi connectivity index (χ0n) is 11.8. The van der Waals surface area contributed by atoms with Gasteiger partial charge < -0.3 is 10.2 Å². The van der Waals surface area contributed by atoms with Crippen LogP contribution in [-0.4, -0.2) is 50.8 Å². The molecular formula is C12H15IN6O2. The molecule has 0 aromatic carbocycles. The number of aromatic nitrogens is 4. The number of hydrogen-bond acceptors (Lipinski definition) is 4. The van der Waals surface area contributed by atoms with Crippen LogP contribution in [0.2, 0.25) is 0 Å². The molecule has 0 saturated heterocycles. The molecule has 0 unspecified atom stereocenters. The fraction of sp³-hybridized carbons (Fsp3) is 0.333. The summed E-state index contributed by atoms with van der Waals surface area (Å²) >= 11 is 2.01. The van der Waals surface area contributed by atoms with E-state index >= 15 is 0 Å². The maximum atomic E-state index is 12.2. The van der Waals surface area contributed by atoms with Gasteiger partial charge in [-0.1, -0.05) is 0 Å². The van der Waals surface area contributed by atoms with E-state index in [4.69, 9.17) is 0 Å². The fourth-order valence-electron chi connectivity index (χ4n) is 1.77. The molecule has 0 fully saturated rings. The second kappa shape index (κ2) is 6.24. The summed E-state index contributed by atoms with van der Waals surface area (Å²) in [5.41, 5.74) is 1.08. The number of amides is 2. The summed E-state index contributed by atoms with van der Waals surface area (Å²) < 4.78 is 2.25. The molecule has 2 aromatic heterocycles. The minimum atomic E-state index is -0.361. The third-order valence-corrected chi connectivity index (χ3v) is 3.63. The molecule has 0 radical (unpaired) electrons. The van der Waals surface area contributed by atoms with Gasteiger partial charge in [0.05, 0.1) is 21.7 Å². The van der Waals surface area contributed by atoms with Crippen LogP contribution in [0, 0.1) is 3.57 Å². The number of rotatable bonds is 4. The fourth-order valence-corrected chi connectivity index (χ4v) is 2.27. The number of aromatic amines is 1. The lowest BCUT2D eigenvalue weighted by atomic mass is 10.3. The second-order valence-electron chi connectivity index (χ2n) is 4.47. The van der Waals surface area contributed by atoms with Crippen LogP contribution >= 0.6 is 22.6 Å². The van der Waals surface area contributed by atoms with Gasteiger partial charge in [0.15, 0.2) is 0 Å². The first-order chi connectivity index (χ1) is 9.95. The smallest absolute Gasteiger partial charge is 0.274 e. The predicted octanol–water partition coefficient (Wildman–Crippen LogP) is 1.18. The molecule has 2 N–H and O–H groups in total. The molecule has 8 nitrogen and oxygen atoms in total. The number of carbonyl (C=O) groups excluding carboxylic acids is 2. The average Bonchev–Trinajstić information content (AvgIpc) is 3.03. The van der Waals surface area contributed by atoms with Crippen molar-refractivity contribution in [3.63, 3.8) is 0 Å². The third-order valence-electron chi connectivity index (χ3n) is 2.82. The zero-order valence-corrected chi connectivity index (χ0v) is 14.0. The van der Waals surface area contributed by atoms with Gasteiger partial charge in [-0.3, -0.25) is 19.4 Å². The summed E-state index contributed by atoms with van der Waals surface area (Å²) in [6, 6.07) is 0. The Hall–Kier alpha value is -1.91. The molecule has 112 valence electrons. The van der Waals surface area contributed by atoms with Crippen LogP contribution in [0.5, 0.6) is 0 Å². The highest BCUT2D eigenvalue weighted by molar-refractivity contribution is 14.1. The number of anilines is 1. The molecule has 0 bridgehead atoms. The molecule has 2 rings (SSSR count). The van der Waals surface area contributed by atoms with Crippen molar-refractivity contribution < 1.29 is 9.59 Å². The standard InChI is InChI=1S/C12H15IN6O2/c1-4-19-10(12(21)18(2)3)8(6-15-19)16-11(20)9-7(13)5-14-17-9/h5-6H,4H2,1-3H3,(H,14,17)(H,16,20). The Morgan fingerprint density at radius 2 is 2.14 bits per heavy atom. The minimum Gasteiger partial charge on any atom is -0.343 e. The van der Waals surface area contributed by atoms with Crippen LogP contribution in [0.15, 0.2) is 12.4 Å². The van der Waals surface area contributed by atoms with Gasteiger partial charge in [-0.2, -0.15) is 10.2 Å². The van der Waals surface area contributed by atoms with Crippen LogP contribution < -0.4 is 5.32 Å². The van der Waals surface area contributed by atoms with Crippen LogP contribution in [0.3, 0.4) is 0 Å². The Labute approximate surface area is 135 Å². The third kappa shape index (κ3) is 3.06. The molecule has 0 saturated carbocycles. The van der Waals surface area contributed by atoms with Crippen molar-refractivity contribution in [2.45, 2.75) is 13.5 Å². The molecule has 2 heterocycles. The van der Waals surface area contributed by atoms with Crippen molar-refractivity contribution in [3.8, 4) is 0 Å². The first kappa shape index (κ1) is 15.5. The van der Waals surface area contributed by atoms with Gasteiger partial charge in [0.25, 0.3) is 11.8 Å². The van der Waals surface area contributed by atoms with E-state index in [9.17, 15) is 9.59 Å². The van der Waals surface area contributed by atoms with Crippen molar-refractivity contribution in [2.75, 3.05) is 19.4 Å². The molecule has 0 atom stereocenters. The number of nitrogens with one attached hydrogen (secondary N) is 2. The van der Waals surface area contributed by atoms with Gasteiger partial charge in [-0.05, 0) is 29.5 Å². The summed E-state index contributed by atoms with van der Waals surface area (Å²) in [4.78, 5) is 25.9. The van der Waals surface area contributed by atoms with Gasteiger partial charge in [-0.15, -0.1) is 0 Å². The van der Waals surface area contributed by atoms with E-state index in [2.05, 4.69) is 20.6 Å². The van der Waals surface area contributed by atoms with Gasteiger partial charge in [0.2, 0.25) is 0 Å². The molecule has 9 heteroatoms. The Morgan fingerprint density at radius 1 is 1.43 bits per heavy atom. The summed E-state index contributed by atoms with van der Waals surface area (Å²) in [7, 11) is 3.30. The summed E-state index contributed by atoms with van der Waals surface area (Å²) in [5.74, 6) is -0.579. The van der Waals surface area contributed by atoms with Gasteiger partial charge >= 0.3 is 0 Å². The number of nitrogens with zero attached hydrogens (tertiary/aromatic N) is 4. The number of carbonyl (C=O) groups is 2. The van der Waals surface area contributed by atoms with E-state index in [1.807, 2.05) is 29.5 Å². The molecule has 0 aliphatic carbocycles. The quantitative estimate of drug-likeness (QED) is 0.751. The number of aryl methyl sites for hydroxylation is 1. The zero-order chi connectivity index (χ0) is 15.6. The summed E-state index contributed by atoms with van der Waals surface area (Å²) in [6.07, 6.45) is 3.03. The van der Waals surface area contributed by atoms with E-state index in [1.54, 1.807) is 25.0 Å². The van der Waals surface area contributed by atoms with Crippen LogP contribution in [0.25, 0.3) is 0 Å². The topological polar surface area (TPSA) is 95.9 Å². The number of H-pyrrole nitrogens is 1. The van der Waals surface area contributed by atoms with Crippen molar-refractivity contribution in [1.29, 1.82) is 0 Å². The number of halogens is 1. The maximum absolute atomic E-state index is 12.2. The SMILES string of the molecule is CCn1ncc(NC(=O)c2[nH]ncc2I)c1C(=O)N(C)C. The molecule has 2 aromatic rings. The predicted molar refractivity (Wildman–Crippen MR) is 85.2 cm³/mol. The van der Waals surface area contributed by atoms with E-state index in [1.165, 1.54) is 11.1 Å². The monoisotopic (exact) mass is 402 g/mol. The summed E-state index contributed by atoms with van der Waals surface area (Å²) in [6.45, 7) is 2.41. The molecule has 0 aliphatic heterocycles. The van der Waals surface area contributed by atoms with Gasteiger partial charge in [0.1, 0.15) is 11.4 Å². The Balaban J connectivity index is 2.33. The highest BCUT2D eigenvalue weighted by Gasteiger charge is 2.22.